The van der Waals surface area contributed by atoms with Crippen LogP contribution in [0.25, 0.3) is 5.69 Å². The quantitative estimate of drug-likeness (QED) is 0.861. The van der Waals surface area contributed by atoms with Gasteiger partial charge in [0.1, 0.15) is 11.4 Å². The summed E-state index contributed by atoms with van der Waals surface area (Å²) in [5.41, 5.74) is -2.52. The van der Waals surface area contributed by atoms with Crippen LogP contribution in [0, 0.1) is 5.82 Å². The van der Waals surface area contributed by atoms with Crippen LogP contribution in [0.1, 0.15) is 10.4 Å². The lowest BCUT2D eigenvalue weighted by atomic mass is 10.3. The molecule has 1 aromatic heterocycles. The van der Waals surface area contributed by atoms with Crippen LogP contribution >= 0.6 is 11.6 Å². The summed E-state index contributed by atoms with van der Waals surface area (Å²) in [4.78, 5) is 36.4. The molecule has 98 valence electrons. The molecule has 0 aliphatic heterocycles. The third-order valence-electron chi connectivity index (χ3n) is 2.37. The van der Waals surface area contributed by atoms with Crippen LogP contribution in [0.3, 0.4) is 0 Å². The van der Waals surface area contributed by atoms with Gasteiger partial charge in [-0.1, -0.05) is 11.6 Å². The Morgan fingerprint density at radius 1 is 1.37 bits per heavy atom. The maximum absolute atomic E-state index is 13.0. The van der Waals surface area contributed by atoms with E-state index in [0.717, 1.165) is 24.4 Å². The van der Waals surface area contributed by atoms with Gasteiger partial charge in [-0.2, -0.15) is 0 Å². The number of nitrogens with zero attached hydrogens (tertiary/aromatic N) is 1. The van der Waals surface area contributed by atoms with Gasteiger partial charge in [-0.3, -0.25) is 4.79 Å². The van der Waals surface area contributed by atoms with Gasteiger partial charge in [-0.15, -0.1) is 0 Å². The standard InChI is InChI=1S/C11H6ClFN2O4/c12-7-3-5(1-2-8(7)13)15-9(16)6(10(17)18)4-14-11(15)19/h1-4H,(H,14,19)(H,17,18). The van der Waals surface area contributed by atoms with Gasteiger partial charge in [0.25, 0.3) is 5.56 Å². The molecule has 0 amide bonds. The lowest BCUT2D eigenvalue weighted by molar-refractivity contribution is 0.0694. The van der Waals surface area contributed by atoms with Crippen LogP contribution in [0.2, 0.25) is 5.02 Å². The second-order valence-corrected chi connectivity index (χ2v) is 3.96. The number of carboxylic acids is 1. The van der Waals surface area contributed by atoms with Crippen LogP contribution in [0.15, 0.2) is 34.0 Å². The molecule has 8 heteroatoms. The van der Waals surface area contributed by atoms with Crippen LogP contribution in [-0.2, 0) is 0 Å². The first-order chi connectivity index (χ1) is 8.91. The summed E-state index contributed by atoms with van der Waals surface area (Å²) in [6.07, 6.45) is 0.800. The molecule has 0 aliphatic carbocycles. The van der Waals surface area contributed by atoms with Gasteiger partial charge in [0, 0.05) is 6.20 Å². The first-order valence-electron chi connectivity index (χ1n) is 4.95. The number of aromatic nitrogens is 2. The minimum atomic E-state index is -1.48. The maximum Gasteiger partial charge on any atom is 0.342 e. The van der Waals surface area contributed by atoms with Crippen LogP contribution < -0.4 is 11.2 Å². The minimum absolute atomic E-state index is 0.0271. The summed E-state index contributed by atoms with van der Waals surface area (Å²) in [7, 11) is 0. The zero-order valence-electron chi connectivity index (χ0n) is 9.18. The molecule has 0 bridgehead atoms. The van der Waals surface area contributed by atoms with Crippen molar-refractivity contribution in [2.24, 2.45) is 0 Å². The highest BCUT2D eigenvalue weighted by Crippen LogP contribution is 2.17. The van der Waals surface area contributed by atoms with Crippen molar-refractivity contribution in [3.05, 3.63) is 61.6 Å². The highest BCUT2D eigenvalue weighted by molar-refractivity contribution is 6.30. The lowest BCUT2D eigenvalue weighted by Gasteiger charge is -2.06. The molecule has 0 saturated heterocycles. The predicted molar refractivity (Wildman–Crippen MR) is 64.6 cm³/mol. The van der Waals surface area contributed by atoms with Gasteiger partial charge in [0.15, 0.2) is 0 Å². The van der Waals surface area contributed by atoms with Gasteiger partial charge in [-0.25, -0.2) is 18.5 Å². The fraction of sp³-hybridized carbons (Fsp3) is 0. The Kier molecular flexibility index (Phi) is 3.22. The largest absolute Gasteiger partial charge is 0.477 e. The molecule has 1 heterocycles. The Labute approximate surface area is 109 Å². The summed E-state index contributed by atoms with van der Waals surface area (Å²) < 4.78 is 13.6. The van der Waals surface area contributed by atoms with Gasteiger partial charge >= 0.3 is 11.7 Å². The zero-order chi connectivity index (χ0) is 14.2. The van der Waals surface area contributed by atoms with E-state index in [4.69, 9.17) is 16.7 Å². The first-order valence-corrected chi connectivity index (χ1v) is 5.33. The average molecular weight is 285 g/mol. The third kappa shape index (κ3) is 2.27. The number of H-pyrrole nitrogens is 1. The van der Waals surface area contributed by atoms with E-state index >= 15 is 0 Å². The predicted octanol–water partition coefficient (Wildman–Crippen LogP) is 1.02. The van der Waals surface area contributed by atoms with E-state index in [-0.39, 0.29) is 10.7 Å². The Hall–Kier alpha value is -2.41. The van der Waals surface area contributed by atoms with E-state index in [1.807, 2.05) is 0 Å². The molecule has 19 heavy (non-hydrogen) atoms. The SMILES string of the molecule is O=C(O)c1c[nH]c(=O)n(-c2ccc(F)c(Cl)c2)c1=O. The fourth-order valence-electron chi connectivity index (χ4n) is 1.48. The molecule has 1 aromatic carbocycles. The van der Waals surface area contributed by atoms with Crippen molar-refractivity contribution in [2.45, 2.75) is 0 Å². The first kappa shape index (κ1) is 13.0. The van der Waals surface area contributed by atoms with Gasteiger partial charge < -0.3 is 10.1 Å². The molecule has 2 N–H and O–H groups in total. The Morgan fingerprint density at radius 3 is 2.63 bits per heavy atom. The molecular weight excluding hydrogens is 279 g/mol. The van der Waals surface area contributed by atoms with Crippen LogP contribution in [0.4, 0.5) is 4.39 Å². The Balaban J connectivity index is 2.78. The van der Waals surface area contributed by atoms with Crippen LogP contribution in [-0.4, -0.2) is 20.6 Å². The van der Waals surface area contributed by atoms with E-state index in [1.165, 1.54) is 0 Å². The molecular formula is C11H6ClFN2O4. The maximum atomic E-state index is 13.0. The summed E-state index contributed by atoms with van der Waals surface area (Å²) >= 11 is 5.55. The molecule has 2 rings (SSSR count). The van der Waals surface area contributed by atoms with Crippen molar-refractivity contribution >= 4 is 17.6 Å². The van der Waals surface area contributed by atoms with E-state index in [9.17, 15) is 18.8 Å². The van der Waals surface area contributed by atoms with Crippen LogP contribution in [0.5, 0.6) is 0 Å². The Bertz CT molecular complexity index is 781. The number of nitrogens with one attached hydrogen (secondary N) is 1. The number of hydrogen-bond donors (Lipinski definition) is 2. The normalized spacial score (nSPS) is 10.4. The third-order valence-corrected chi connectivity index (χ3v) is 2.66. The van der Waals surface area contributed by atoms with Gasteiger partial charge in [0.2, 0.25) is 0 Å². The minimum Gasteiger partial charge on any atom is -0.477 e. The van der Waals surface area contributed by atoms with E-state index in [2.05, 4.69) is 4.98 Å². The zero-order valence-corrected chi connectivity index (χ0v) is 9.94. The van der Waals surface area contributed by atoms with E-state index in [0.29, 0.717) is 4.57 Å². The average Bonchev–Trinajstić information content (AvgIpc) is 2.33. The highest BCUT2D eigenvalue weighted by atomic mass is 35.5. The molecule has 0 unspecified atom stereocenters. The summed E-state index contributed by atoms with van der Waals surface area (Å²) in [6, 6.07) is 3.17. The van der Waals surface area contributed by atoms with Crippen molar-refractivity contribution in [1.82, 2.24) is 9.55 Å². The van der Waals surface area contributed by atoms with Crippen molar-refractivity contribution in [3.63, 3.8) is 0 Å². The fourth-order valence-corrected chi connectivity index (χ4v) is 1.66. The van der Waals surface area contributed by atoms with Crippen molar-refractivity contribution in [1.29, 1.82) is 0 Å². The van der Waals surface area contributed by atoms with E-state index in [1.54, 1.807) is 0 Å². The molecule has 0 fully saturated rings. The molecule has 6 nitrogen and oxygen atoms in total. The smallest absolute Gasteiger partial charge is 0.342 e. The number of aromatic amines is 1. The highest BCUT2D eigenvalue weighted by Gasteiger charge is 2.15. The second-order valence-electron chi connectivity index (χ2n) is 3.55. The molecule has 0 radical (unpaired) electrons. The molecule has 0 spiro atoms. The number of benzene rings is 1. The Morgan fingerprint density at radius 2 is 2.05 bits per heavy atom. The van der Waals surface area contributed by atoms with Crippen molar-refractivity contribution in [3.8, 4) is 5.69 Å². The number of halogens is 2. The van der Waals surface area contributed by atoms with E-state index < -0.39 is 28.6 Å². The van der Waals surface area contributed by atoms with Gasteiger partial charge in [0.05, 0.1) is 10.7 Å². The number of aromatic carboxylic acids is 1. The van der Waals surface area contributed by atoms with Gasteiger partial charge in [-0.05, 0) is 18.2 Å². The topological polar surface area (TPSA) is 92.2 Å². The molecule has 2 aromatic rings. The number of hydrogen-bond acceptors (Lipinski definition) is 3. The molecule has 0 aliphatic rings. The molecule has 0 saturated carbocycles. The lowest BCUT2D eigenvalue weighted by Crippen LogP contribution is -2.36. The van der Waals surface area contributed by atoms with Crippen molar-refractivity contribution in [2.75, 3.05) is 0 Å². The van der Waals surface area contributed by atoms with Crippen molar-refractivity contribution < 1.29 is 14.3 Å². The summed E-state index contributed by atoms with van der Waals surface area (Å²) in [6.45, 7) is 0. The number of carbonyl (C=O) groups is 1. The summed E-state index contributed by atoms with van der Waals surface area (Å²) in [5.74, 6) is -2.20. The number of rotatable bonds is 2. The second kappa shape index (κ2) is 4.69. The number of carboxylic acid groups (broad SMARTS) is 1. The summed E-state index contributed by atoms with van der Waals surface area (Å²) in [5, 5.41) is 8.52. The monoisotopic (exact) mass is 284 g/mol. The molecule has 0 atom stereocenters.